The van der Waals surface area contributed by atoms with Crippen molar-refractivity contribution in [3.8, 4) is 0 Å². The second-order valence-corrected chi connectivity index (χ2v) is 6.29. The first-order valence-corrected chi connectivity index (χ1v) is 7.54. The van der Waals surface area contributed by atoms with Crippen LogP contribution in [0.3, 0.4) is 0 Å². The van der Waals surface area contributed by atoms with E-state index in [0.29, 0.717) is 17.5 Å². The number of hydrogen-bond acceptors (Lipinski definition) is 3. The molecule has 6 heteroatoms. The zero-order valence-electron chi connectivity index (χ0n) is 10.8. The number of amides is 2. The third kappa shape index (κ3) is 2.58. The van der Waals surface area contributed by atoms with Crippen LogP contribution in [0.4, 0.5) is 4.79 Å². The highest BCUT2D eigenvalue weighted by Crippen LogP contribution is 2.27. The number of piperidine rings is 1. The summed E-state index contributed by atoms with van der Waals surface area (Å²) in [6.07, 6.45) is 2.15. The van der Waals surface area contributed by atoms with Gasteiger partial charge in [-0.25, -0.2) is 9.59 Å². The smallest absolute Gasteiger partial charge is 0.327 e. The molecule has 2 aliphatic rings. The SMILES string of the molecule is CC1CCC(C)N(C(=O)N2CSC[C@H]2C(=O)O)C1. The van der Waals surface area contributed by atoms with Crippen LogP contribution in [-0.4, -0.2) is 57.2 Å². The predicted octanol–water partition coefficient (Wildman–Crippen LogP) is 1.69. The van der Waals surface area contributed by atoms with Crippen molar-refractivity contribution < 1.29 is 14.7 Å². The van der Waals surface area contributed by atoms with Gasteiger partial charge in [-0.3, -0.25) is 0 Å². The summed E-state index contributed by atoms with van der Waals surface area (Å²) in [4.78, 5) is 26.9. The molecule has 2 saturated heterocycles. The summed E-state index contributed by atoms with van der Waals surface area (Å²) in [6, 6.07) is -0.549. The number of aliphatic carboxylic acids is 1. The van der Waals surface area contributed by atoms with Crippen LogP contribution in [0.15, 0.2) is 0 Å². The first-order chi connectivity index (χ1) is 8.50. The van der Waals surface area contributed by atoms with Crippen molar-refractivity contribution in [1.82, 2.24) is 9.80 Å². The molecule has 0 aromatic rings. The Morgan fingerprint density at radius 2 is 1.94 bits per heavy atom. The molecule has 2 unspecified atom stereocenters. The Kier molecular flexibility index (Phi) is 4.04. The van der Waals surface area contributed by atoms with E-state index in [2.05, 4.69) is 6.92 Å². The molecule has 0 aromatic heterocycles. The van der Waals surface area contributed by atoms with Crippen LogP contribution in [0.5, 0.6) is 0 Å². The lowest BCUT2D eigenvalue weighted by atomic mass is 9.95. The van der Waals surface area contributed by atoms with E-state index in [0.717, 1.165) is 19.4 Å². The summed E-state index contributed by atoms with van der Waals surface area (Å²) >= 11 is 1.51. The third-order valence-corrected chi connectivity index (χ3v) is 4.79. The molecule has 0 aliphatic carbocycles. The number of carboxylic acids is 1. The van der Waals surface area contributed by atoms with E-state index in [9.17, 15) is 9.59 Å². The van der Waals surface area contributed by atoms with Crippen LogP contribution < -0.4 is 0 Å². The Morgan fingerprint density at radius 1 is 1.22 bits per heavy atom. The highest BCUT2D eigenvalue weighted by molar-refractivity contribution is 7.99. The van der Waals surface area contributed by atoms with Crippen LogP contribution in [0, 0.1) is 5.92 Å². The largest absolute Gasteiger partial charge is 0.480 e. The summed E-state index contributed by atoms with van der Waals surface area (Å²) in [5.41, 5.74) is 0. The van der Waals surface area contributed by atoms with E-state index < -0.39 is 12.0 Å². The molecule has 0 saturated carbocycles. The van der Waals surface area contributed by atoms with Gasteiger partial charge in [0.2, 0.25) is 0 Å². The monoisotopic (exact) mass is 272 g/mol. The highest BCUT2D eigenvalue weighted by atomic mass is 32.2. The van der Waals surface area contributed by atoms with Crippen molar-refractivity contribution >= 4 is 23.8 Å². The molecular formula is C12H20N2O3S. The van der Waals surface area contributed by atoms with E-state index in [1.54, 1.807) is 0 Å². The second kappa shape index (κ2) is 5.38. The van der Waals surface area contributed by atoms with Gasteiger partial charge < -0.3 is 14.9 Å². The first-order valence-electron chi connectivity index (χ1n) is 6.38. The first kappa shape index (κ1) is 13.5. The Bertz CT molecular complexity index is 350. The molecule has 5 nitrogen and oxygen atoms in total. The van der Waals surface area contributed by atoms with Crippen LogP contribution >= 0.6 is 11.8 Å². The number of carboxylic acid groups (broad SMARTS) is 1. The van der Waals surface area contributed by atoms with Gasteiger partial charge in [-0.2, -0.15) is 0 Å². The van der Waals surface area contributed by atoms with Crippen LogP contribution in [0.25, 0.3) is 0 Å². The molecule has 2 amide bonds. The predicted molar refractivity (Wildman–Crippen MR) is 70.5 cm³/mol. The van der Waals surface area contributed by atoms with Gasteiger partial charge in [-0.05, 0) is 25.7 Å². The highest BCUT2D eigenvalue weighted by Gasteiger charge is 2.39. The van der Waals surface area contributed by atoms with Crippen LogP contribution in [0.1, 0.15) is 26.7 Å². The molecule has 18 heavy (non-hydrogen) atoms. The minimum atomic E-state index is -0.897. The van der Waals surface area contributed by atoms with Crippen molar-refractivity contribution in [3.63, 3.8) is 0 Å². The summed E-state index contributed by atoms with van der Waals surface area (Å²) in [7, 11) is 0. The molecule has 0 radical (unpaired) electrons. The van der Waals surface area contributed by atoms with Gasteiger partial charge in [-0.15, -0.1) is 11.8 Å². The average molecular weight is 272 g/mol. The summed E-state index contributed by atoms with van der Waals surface area (Å²) in [6.45, 7) is 4.93. The fourth-order valence-electron chi connectivity index (χ4n) is 2.56. The molecule has 3 atom stereocenters. The molecule has 2 fully saturated rings. The molecule has 0 spiro atoms. The van der Waals surface area contributed by atoms with Gasteiger partial charge in [0.15, 0.2) is 0 Å². The molecule has 0 aromatic carbocycles. The van der Waals surface area contributed by atoms with Crippen LogP contribution in [0.2, 0.25) is 0 Å². The Labute approximate surface area is 112 Å². The summed E-state index contributed by atoms with van der Waals surface area (Å²) < 4.78 is 0. The zero-order valence-corrected chi connectivity index (χ0v) is 11.7. The number of hydrogen-bond donors (Lipinski definition) is 1. The van der Waals surface area contributed by atoms with Gasteiger partial charge in [0.25, 0.3) is 0 Å². The van der Waals surface area contributed by atoms with Gasteiger partial charge in [0, 0.05) is 18.3 Å². The lowest BCUT2D eigenvalue weighted by Crippen LogP contribution is -2.54. The maximum absolute atomic E-state index is 12.4. The maximum atomic E-state index is 12.4. The van der Waals surface area contributed by atoms with Gasteiger partial charge in [0.05, 0.1) is 5.88 Å². The Hall–Kier alpha value is -0.910. The molecule has 2 heterocycles. The van der Waals surface area contributed by atoms with Crippen molar-refractivity contribution in [1.29, 1.82) is 0 Å². The normalized spacial score (nSPS) is 32.7. The van der Waals surface area contributed by atoms with Crippen LogP contribution in [-0.2, 0) is 4.79 Å². The average Bonchev–Trinajstić information content (AvgIpc) is 2.80. The Morgan fingerprint density at radius 3 is 2.61 bits per heavy atom. The lowest BCUT2D eigenvalue weighted by Gasteiger charge is -2.39. The number of rotatable bonds is 1. The number of urea groups is 1. The number of thioether (sulfide) groups is 1. The fraction of sp³-hybridized carbons (Fsp3) is 0.833. The van der Waals surface area contributed by atoms with Gasteiger partial charge in [-0.1, -0.05) is 6.92 Å². The molecule has 2 rings (SSSR count). The summed E-state index contributed by atoms with van der Waals surface area (Å²) in [5.74, 6) is 0.599. The van der Waals surface area contributed by atoms with Crippen molar-refractivity contribution in [3.05, 3.63) is 0 Å². The fourth-order valence-corrected chi connectivity index (χ4v) is 3.69. The van der Waals surface area contributed by atoms with Crippen molar-refractivity contribution in [2.45, 2.75) is 38.8 Å². The molecular weight excluding hydrogens is 252 g/mol. The van der Waals surface area contributed by atoms with Crippen molar-refractivity contribution in [2.24, 2.45) is 5.92 Å². The van der Waals surface area contributed by atoms with Gasteiger partial charge >= 0.3 is 12.0 Å². The minimum absolute atomic E-state index is 0.105. The number of carbonyl (C=O) groups is 2. The maximum Gasteiger partial charge on any atom is 0.327 e. The standard InChI is InChI=1S/C12H20N2O3S/c1-8-3-4-9(2)13(5-8)12(17)14-7-18-6-10(14)11(15)16/h8-10H,3-7H2,1-2H3,(H,15,16)/t8?,9?,10-/m0/s1. The van der Waals surface area contributed by atoms with E-state index >= 15 is 0 Å². The lowest BCUT2D eigenvalue weighted by molar-refractivity contribution is -0.141. The number of likely N-dealkylation sites (tertiary alicyclic amines) is 1. The van der Waals surface area contributed by atoms with E-state index in [1.807, 2.05) is 11.8 Å². The van der Waals surface area contributed by atoms with E-state index in [-0.39, 0.29) is 12.1 Å². The van der Waals surface area contributed by atoms with E-state index in [1.165, 1.54) is 16.7 Å². The summed E-state index contributed by atoms with van der Waals surface area (Å²) in [5, 5.41) is 9.12. The zero-order chi connectivity index (χ0) is 13.3. The second-order valence-electron chi connectivity index (χ2n) is 5.29. The van der Waals surface area contributed by atoms with Gasteiger partial charge in [0.1, 0.15) is 6.04 Å². The molecule has 1 N–H and O–H groups in total. The molecule has 0 bridgehead atoms. The number of carbonyl (C=O) groups excluding carboxylic acids is 1. The molecule has 2 aliphatic heterocycles. The Balaban J connectivity index is 2.07. The van der Waals surface area contributed by atoms with E-state index in [4.69, 9.17) is 5.11 Å². The van der Waals surface area contributed by atoms with Crippen molar-refractivity contribution in [2.75, 3.05) is 18.2 Å². The quantitative estimate of drug-likeness (QED) is 0.789. The third-order valence-electron chi connectivity index (χ3n) is 3.78. The topological polar surface area (TPSA) is 60.9 Å². The minimum Gasteiger partial charge on any atom is -0.480 e. The number of nitrogens with zero attached hydrogens (tertiary/aromatic N) is 2. The molecule has 102 valence electrons.